The van der Waals surface area contributed by atoms with Gasteiger partial charge in [-0.1, -0.05) is 6.92 Å². The molecule has 2 aromatic rings. The van der Waals surface area contributed by atoms with E-state index < -0.39 is 11.7 Å². The summed E-state index contributed by atoms with van der Waals surface area (Å²) in [5.41, 5.74) is -0.243. The fourth-order valence-electron chi connectivity index (χ4n) is 2.16. The molecule has 2 heterocycles. The van der Waals surface area contributed by atoms with Crippen molar-refractivity contribution in [3.63, 3.8) is 0 Å². The first-order valence-electron chi connectivity index (χ1n) is 6.68. The molecule has 0 amide bonds. The van der Waals surface area contributed by atoms with Crippen molar-refractivity contribution in [2.75, 3.05) is 7.05 Å². The number of hydrogen-bond acceptors (Lipinski definition) is 3. The van der Waals surface area contributed by atoms with E-state index in [2.05, 4.69) is 22.2 Å². The zero-order chi connectivity index (χ0) is 15.5. The number of nitrogens with one attached hydrogen (secondary N) is 1. The third-order valence-corrected chi connectivity index (χ3v) is 3.17. The third-order valence-electron chi connectivity index (χ3n) is 3.17. The van der Waals surface area contributed by atoms with Gasteiger partial charge in [-0.3, -0.25) is 4.98 Å². The van der Waals surface area contributed by atoms with E-state index in [-0.39, 0.29) is 6.04 Å². The first-order chi connectivity index (χ1) is 9.97. The Bertz CT molecular complexity index is 575. The normalized spacial score (nSPS) is 13.4. The second-order valence-corrected chi connectivity index (χ2v) is 4.67. The van der Waals surface area contributed by atoms with Crippen molar-refractivity contribution in [2.24, 2.45) is 0 Å². The van der Waals surface area contributed by atoms with Gasteiger partial charge < -0.3 is 9.88 Å². The van der Waals surface area contributed by atoms with Crippen molar-refractivity contribution < 1.29 is 13.2 Å². The highest BCUT2D eigenvalue weighted by Gasteiger charge is 2.31. The van der Waals surface area contributed by atoms with Crippen LogP contribution in [0.1, 0.15) is 36.5 Å². The molecule has 0 aliphatic carbocycles. The second kappa shape index (κ2) is 6.26. The lowest BCUT2D eigenvalue weighted by Gasteiger charge is -2.17. The number of halogens is 3. The van der Waals surface area contributed by atoms with E-state index in [1.165, 1.54) is 6.07 Å². The van der Waals surface area contributed by atoms with E-state index in [1.54, 1.807) is 13.2 Å². The number of aromatic nitrogens is 3. The monoisotopic (exact) mass is 298 g/mol. The summed E-state index contributed by atoms with van der Waals surface area (Å²) in [7, 11) is 1.73. The molecule has 0 aliphatic rings. The average Bonchev–Trinajstić information content (AvgIpc) is 2.88. The molecule has 0 radical (unpaired) electrons. The van der Waals surface area contributed by atoms with Crippen LogP contribution < -0.4 is 5.32 Å². The maximum atomic E-state index is 12.6. The van der Waals surface area contributed by atoms with Gasteiger partial charge in [-0.2, -0.15) is 13.2 Å². The molecule has 0 bridgehead atoms. The van der Waals surface area contributed by atoms with E-state index in [1.807, 2.05) is 10.8 Å². The summed E-state index contributed by atoms with van der Waals surface area (Å²) in [5, 5.41) is 3.05. The Kier molecular flexibility index (Phi) is 4.62. The first-order valence-corrected chi connectivity index (χ1v) is 6.68. The summed E-state index contributed by atoms with van der Waals surface area (Å²) < 4.78 is 39.7. The molecular formula is C14H17F3N4. The predicted molar refractivity (Wildman–Crippen MR) is 72.7 cm³/mol. The van der Waals surface area contributed by atoms with Gasteiger partial charge in [0.25, 0.3) is 0 Å². The quantitative estimate of drug-likeness (QED) is 0.922. The van der Waals surface area contributed by atoms with E-state index in [0.717, 1.165) is 31.1 Å². The summed E-state index contributed by atoms with van der Waals surface area (Å²) in [5.74, 6) is 0.742. The molecule has 2 aromatic heterocycles. The van der Waals surface area contributed by atoms with Gasteiger partial charge in [0.1, 0.15) is 11.9 Å². The summed E-state index contributed by atoms with van der Waals surface area (Å²) in [4.78, 5) is 8.23. The Morgan fingerprint density at radius 1 is 1.29 bits per heavy atom. The van der Waals surface area contributed by atoms with Crippen LogP contribution in [-0.2, 0) is 12.7 Å². The van der Waals surface area contributed by atoms with Gasteiger partial charge in [0.05, 0.1) is 11.3 Å². The van der Waals surface area contributed by atoms with Crippen molar-refractivity contribution in [2.45, 2.75) is 32.1 Å². The smallest absolute Gasteiger partial charge is 0.333 e. The van der Waals surface area contributed by atoms with Gasteiger partial charge in [0, 0.05) is 25.1 Å². The average molecular weight is 298 g/mol. The Morgan fingerprint density at radius 3 is 2.57 bits per heavy atom. The molecule has 0 aromatic carbocycles. The zero-order valence-electron chi connectivity index (χ0n) is 11.9. The summed E-state index contributed by atoms with van der Waals surface area (Å²) in [6.45, 7) is 2.85. The number of hydrogen-bond donors (Lipinski definition) is 1. The lowest BCUT2D eigenvalue weighted by atomic mass is 10.1. The lowest BCUT2D eigenvalue weighted by Crippen LogP contribution is -2.23. The fraction of sp³-hybridized carbons (Fsp3) is 0.429. The lowest BCUT2D eigenvalue weighted by molar-refractivity contribution is -0.137. The molecular weight excluding hydrogens is 281 g/mol. The minimum absolute atomic E-state index is 0.339. The van der Waals surface area contributed by atoms with Crippen LogP contribution in [0.25, 0.3) is 0 Å². The first kappa shape index (κ1) is 15.5. The highest BCUT2D eigenvalue weighted by Crippen LogP contribution is 2.29. The Hall–Kier alpha value is -1.89. The van der Waals surface area contributed by atoms with E-state index in [0.29, 0.717) is 5.69 Å². The minimum Gasteiger partial charge on any atom is -0.333 e. The van der Waals surface area contributed by atoms with Gasteiger partial charge in [0.2, 0.25) is 0 Å². The number of pyridine rings is 1. The van der Waals surface area contributed by atoms with Crippen LogP contribution in [0.3, 0.4) is 0 Å². The molecule has 1 atom stereocenters. The second-order valence-electron chi connectivity index (χ2n) is 4.67. The standard InChI is InChI=1S/C14H17F3N4/c1-3-7-21-8-6-19-13(21)12(18-2)11-5-4-10(9-20-11)14(15,16)17/h4-6,8-9,12,18H,3,7H2,1-2H3. The summed E-state index contributed by atoms with van der Waals surface area (Å²) in [6.07, 6.45) is 0.959. The number of imidazole rings is 1. The van der Waals surface area contributed by atoms with Crippen molar-refractivity contribution >= 4 is 0 Å². The number of rotatable bonds is 5. The third kappa shape index (κ3) is 3.41. The van der Waals surface area contributed by atoms with Gasteiger partial charge in [0.15, 0.2) is 0 Å². The molecule has 114 valence electrons. The van der Waals surface area contributed by atoms with Crippen LogP contribution in [0.5, 0.6) is 0 Å². The molecule has 2 rings (SSSR count). The van der Waals surface area contributed by atoms with Crippen molar-refractivity contribution in [3.05, 3.63) is 47.8 Å². The Balaban J connectivity index is 2.31. The maximum absolute atomic E-state index is 12.6. The minimum atomic E-state index is -4.37. The Morgan fingerprint density at radius 2 is 2.05 bits per heavy atom. The van der Waals surface area contributed by atoms with Gasteiger partial charge in [-0.25, -0.2) is 4.98 Å². The number of aryl methyl sites for hydroxylation is 1. The zero-order valence-corrected chi connectivity index (χ0v) is 11.9. The van der Waals surface area contributed by atoms with E-state index in [9.17, 15) is 13.2 Å². The van der Waals surface area contributed by atoms with Gasteiger partial charge >= 0.3 is 6.18 Å². The summed E-state index contributed by atoms with van der Waals surface area (Å²) in [6, 6.07) is 2.09. The molecule has 0 spiro atoms. The molecule has 4 nitrogen and oxygen atoms in total. The number of nitrogens with zero attached hydrogens (tertiary/aromatic N) is 3. The number of alkyl halides is 3. The van der Waals surface area contributed by atoms with Crippen LogP contribution in [0, 0.1) is 0 Å². The molecule has 0 saturated heterocycles. The SMILES string of the molecule is CCCn1ccnc1C(NC)c1ccc(C(F)(F)F)cn1. The van der Waals surface area contributed by atoms with Crippen molar-refractivity contribution in [3.8, 4) is 0 Å². The van der Waals surface area contributed by atoms with Crippen molar-refractivity contribution in [1.29, 1.82) is 0 Å². The Labute approximate surface area is 121 Å². The van der Waals surface area contributed by atoms with Crippen LogP contribution in [-0.4, -0.2) is 21.6 Å². The topological polar surface area (TPSA) is 42.7 Å². The largest absolute Gasteiger partial charge is 0.417 e. The maximum Gasteiger partial charge on any atom is 0.417 e. The van der Waals surface area contributed by atoms with Crippen LogP contribution in [0.15, 0.2) is 30.7 Å². The van der Waals surface area contributed by atoms with Crippen LogP contribution in [0.4, 0.5) is 13.2 Å². The molecule has 0 aliphatic heterocycles. The highest BCUT2D eigenvalue weighted by atomic mass is 19.4. The molecule has 1 unspecified atom stereocenters. The highest BCUT2D eigenvalue weighted by molar-refractivity contribution is 5.23. The van der Waals surface area contributed by atoms with Crippen LogP contribution >= 0.6 is 0 Å². The van der Waals surface area contributed by atoms with Gasteiger partial charge in [-0.05, 0) is 25.6 Å². The summed E-state index contributed by atoms with van der Waals surface area (Å²) >= 11 is 0. The molecule has 0 fully saturated rings. The molecule has 1 N–H and O–H groups in total. The van der Waals surface area contributed by atoms with E-state index in [4.69, 9.17) is 0 Å². The van der Waals surface area contributed by atoms with Crippen molar-refractivity contribution in [1.82, 2.24) is 19.9 Å². The van der Waals surface area contributed by atoms with E-state index >= 15 is 0 Å². The fourth-order valence-corrected chi connectivity index (χ4v) is 2.16. The van der Waals surface area contributed by atoms with Crippen LogP contribution in [0.2, 0.25) is 0 Å². The molecule has 0 saturated carbocycles. The molecule has 7 heteroatoms. The van der Waals surface area contributed by atoms with Gasteiger partial charge in [-0.15, -0.1) is 0 Å². The molecule has 21 heavy (non-hydrogen) atoms. The predicted octanol–water partition coefficient (Wildman–Crippen LogP) is 3.02.